The van der Waals surface area contributed by atoms with Crippen molar-refractivity contribution >= 4 is 29.0 Å². The minimum absolute atomic E-state index is 0.0304. The number of hydrogen-bond donors (Lipinski definition) is 3. The summed E-state index contributed by atoms with van der Waals surface area (Å²) in [4.78, 5) is 24.8. The molecule has 0 atom stereocenters. The molecule has 0 saturated heterocycles. The number of urea groups is 1. The fourth-order valence-corrected chi connectivity index (χ4v) is 2.90. The normalized spacial score (nSPS) is 10.3. The summed E-state index contributed by atoms with van der Waals surface area (Å²) in [7, 11) is 0. The predicted octanol–water partition coefficient (Wildman–Crippen LogP) is 1.20. The number of tetrazole rings is 1. The molecule has 0 aliphatic rings. The minimum Gasteiger partial charge on any atom is -0.376 e. The average Bonchev–Trinajstić information content (AvgIpc) is 3.34. The van der Waals surface area contributed by atoms with Crippen molar-refractivity contribution < 1.29 is 9.59 Å². The molecular weight excluding hydrogens is 354 g/mol. The number of nitrogens with zero attached hydrogens (tertiary/aromatic N) is 4. The smallest absolute Gasteiger partial charge is 0.321 e. The Balaban J connectivity index is 1.41. The van der Waals surface area contributed by atoms with E-state index in [9.17, 15) is 9.59 Å². The van der Waals surface area contributed by atoms with Crippen LogP contribution in [0.15, 0.2) is 48.1 Å². The van der Waals surface area contributed by atoms with E-state index in [-0.39, 0.29) is 6.54 Å². The zero-order valence-electron chi connectivity index (χ0n) is 13.8. The molecule has 0 saturated carbocycles. The molecule has 3 rings (SSSR count). The second-order valence-corrected chi connectivity index (χ2v) is 6.32. The summed E-state index contributed by atoms with van der Waals surface area (Å²) in [5.41, 5.74) is 1.47. The van der Waals surface area contributed by atoms with Crippen LogP contribution in [0.2, 0.25) is 0 Å². The molecule has 9 nitrogen and oxygen atoms in total. The number of thiophene rings is 1. The lowest BCUT2D eigenvalue weighted by Crippen LogP contribution is -2.42. The molecule has 3 amide bonds. The number of carbonyl (C=O) groups is 2. The first-order chi connectivity index (χ1) is 12.7. The Morgan fingerprint density at radius 3 is 2.88 bits per heavy atom. The van der Waals surface area contributed by atoms with Crippen molar-refractivity contribution in [1.29, 1.82) is 0 Å². The quantitative estimate of drug-likeness (QED) is 0.575. The van der Waals surface area contributed by atoms with Crippen LogP contribution in [0.25, 0.3) is 5.69 Å². The number of anilines is 1. The third-order valence-corrected chi connectivity index (χ3v) is 4.34. The van der Waals surface area contributed by atoms with E-state index in [1.54, 1.807) is 17.4 Å². The van der Waals surface area contributed by atoms with E-state index in [4.69, 9.17) is 0 Å². The summed E-state index contributed by atoms with van der Waals surface area (Å²) in [5, 5.41) is 20.9. The molecule has 134 valence electrons. The van der Waals surface area contributed by atoms with Gasteiger partial charge in [-0.05, 0) is 46.5 Å². The molecule has 0 bridgehead atoms. The van der Waals surface area contributed by atoms with Crippen molar-refractivity contribution in [3.8, 4) is 5.69 Å². The van der Waals surface area contributed by atoms with Gasteiger partial charge < -0.3 is 10.6 Å². The van der Waals surface area contributed by atoms with E-state index in [1.165, 1.54) is 15.9 Å². The molecule has 0 aliphatic heterocycles. The second kappa shape index (κ2) is 8.72. The summed E-state index contributed by atoms with van der Waals surface area (Å²) in [5.74, 6) is -0.425. The lowest BCUT2D eigenvalue weighted by Gasteiger charge is -2.09. The van der Waals surface area contributed by atoms with Crippen LogP contribution in [0.4, 0.5) is 10.5 Å². The highest BCUT2D eigenvalue weighted by molar-refractivity contribution is 7.09. The number of benzene rings is 1. The Bertz CT molecular complexity index is 849. The van der Waals surface area contributed by atoms with Gasteiger partial charge in [0.1, 0.15) is 6.33 Å². The maximum Gasteiger partial charge on any atom is 0.321 e. The van der Waals surface area contributed by atoms with Crippen molar-refractivity contribution in [3.05, 3.63) is 53.0 Å². The van der Waals surface area contributed by atoms with E-state index in [1.807, 2.05) is 35.7 Å². The number of amides is 3. The van der Waals surface area contributed by atoms with Gasteiger partial charge in [0.2, 0.25) is 5.91 Å². The molecule has 0 fully saturated rings. The van der Waals surface area contributed by atoms with E-state index in [0.29, 0.717) is 12.2 Å². The van der Waals surface area contributed by atoms with Crippen LogP contribution >= 0.6 is 11.3 Å². The first kappa shape index (κ1) is 17.5. The Labute approximate surface area is 153 Å². The molecule has 3 N–H and O–H groups in total. The number of imide groups is 1. The first-order valence-corrected chi connectivity index (χ1v) is 8.76. The molecule has 2 heterocycles. The Morgan fingerprint density at radius 1 is 1.19 bits per heavy atom. The van der Waals surface area contributed by atoms with Crippen LogP contribution in [-0.4, -0.2) is 45.2 Å². The van der Waals surface area contributed by atoms with Crippen LogP contribution in [0, 0.1) is 0 Å². The Hall–Kier alpha value is -3.27. The molecule has 3 aromatic rings. The lowest BCUT2D eigenvalue weighted by molar-refractivity contribution is -0.118. The molecule has 10 heteroatoms. The third kappa shape index (κ3) is 5.11. The zero-order valence-corrected chi connectivity index (χ0v) is 14.6. The molecule has 2 aromatic heterocycles. The fraction of sp³-hybridized carbons (Fsp3) is 0.188. The van der Waals surface area contributed by atoms with Crippen molar-refractivity contribution in [1.82, 2.24) is 30.8 Å². The van der Waals surface area contributed by atoms with Gasteiger partial charge in [-0.25, -0.2) is 9.48 Å². The highest BCUT2D eigenvalue weighted by atomic mass is 32.1. The Morgan fingerprint density at radius 2 is 2.12 bits per heavy atom. The molecule has 0 spiro atoms. The first-order valence-electron chi connectivity index (χ1n) is 7.88. The van der Waals surface area contributed by atoms with Gasteiger partial charge >= 0.3 is 6.03 Å². The maximum absolute atomic E-state index is 11.9. The van der Waals surface area contributed by atoms with Crippen LogP contribution < -0.4 is 16.0 Å². The SMILES string of the molecule is O=C(CNc1cccc(-n2cnnn2)c1)NC(=O)NCCc1cccs1. The van der Waals surface area contributed by atoms with Crippen LogP contribution in [0.1, 0.15) is 4.88 Å². The highest BCUT2D eigenvalue weighted by Crippen LogP contribution is 2.12. The van der Waals surface area contributed by atoms with Crippen molar-refractivity contribution in [2.75, 3.05) is 18.4 Å². The zero-order chi connectivity index (χ0) is 18.2. The number of carbonyl (C=O) groups excluding carboxylic acids is 2. The highest BCUT2D eigenvalue weighted by Gasteiger charge is 2.07. The van der Waals surface area contributed by atoms with Crippen molar-refractivity contribution in [2.24, 2.45) is 0 Å². The minimum atomic E-state index is -0.504. The summed E-state index contributed by atoms with van der Waals surface area (Å²) >= 11 is 1.63. The third-order valence-electron chi connectivity index (χ3n) is 3.40. The Kier molecular flexibility index (Phi) is 5.88. The molecular formula is C16H17N7O2S. The van der Waals surface area contributed by atoms with Gasteiger partial charge in [0.05, 0.1) is 12.2 Å². The molecule has 26 heavy (non-hydrogen) atoms. The fourth-order valence-electron chi connectivity index (χ4n) is 2.19. The van der Waals surface area contributed by atoms with Gasteiger partial charge in [-0.1, -0.05) is 12.1 Å². The summed E-state index contributed by atoms with van der Waals surface area (Å²) in [6.07, 6.45) is 2.22. The molecule has 1 aromatic carbocycles. The van der Waals surface area contributed by atoms with Crippen LogP contribution in [0.3, 0.4) is 0 Å². The second-order valence-electron chi connectivity index (χ2n) is 5.29. The summed E-state index contributed by atoms with van der Waals surface area (Å²) in [6, 6.07) is 10.7. The molecule has 0 radical (unpaired) electrons. The molecule has 0 aliphatic carbocycles. The standard InChI is InChI=1S/C16H17N7O2S/c24-15(20-16(25)17-7-6-14-5-2-8-26-14)10-18-12-3-1-4-13(9-12)23-11-19-21-22-23/h1-5,8-9,11,18H,6-7,10H2,(H2,17,20,24,25). The summed E-state index contributed by atoms with van der Waals surface area (Å²) < 4.78 is 1.51. The van der Waals surface area contributed by atoms with Gasteiger partial charge in [0, 0.05) is 17.1 Å². The van der Waals surface area contributed by atoms with E-state index < -0.39 is 11.9 Å². The molecule has 0 unspecified atom stereocenters. The van der Waals surface area contributed by atoms with Gasteiger partial charge in [-0.15, -0.1) is 16.4 Å². The van der Waals surface area contributed by atoms with Gasteiger partial charge in [0.15, 0.2) is 0 Å². The lowest BCUT2D eigenvalue weighted by atomic mass is 10.3. The number of rotatable bonds is 7. The van der Waals surface area contributed by atoms with Gasteiger partial charge in [-0.3, -0.25) is 10.1 Å². The van der Waals surface area contributed by atoms with Crippen LogP contribution in [0.5, 0.6) is 0 Å². The van der Waals surface area contributed by atoms with E-state index in [2.05, 4.69) is 31.5 Å². The number of hydrogen-bond acceptors (Lipinski definition) is 7. The van der Waals surface area contributed by atoms with Gasteiger partial charge in [-0.2, -0.15) is 0 Å². The largest absolute Gasteiger partial charge is 0.376 e. The van der Waals surface area contributed by atoms with E-state index in [0.717, 1.165) is 12.1 Å². The van der Waals surface area contributed by atoms with Crippen molar-refractivity contribution in [2.45, 2.75) is 6.42 Å². The monoisotopic (exact) mass is 371 g/mol. The summed E-state index contributed by atoms with van der Waals surface area (Å²) in [6.45, 7) is 0.443. The van der Waals surface area contributed by atoms with E-state index >= 15 is 0 Å². The topological polar surface area (TPSA) is 114 Å². The number of aromatic nitrogens is 4. The number of nitrogens with one attached hydrogen (secondary N) is 3. The maximum atomic E-state index is 11.9. The predicted molar refractivity (Wildman–Crippen MR) is 97.2 cm³/mol. The van der Waals surface area contributed by atoms with Gasteiger partial charge in [0.25, 0.3) is 0 Å². The average molecular weight is 371 g/mol. The van der Waals surface area contributed by atoms with Crippen molar-refractivity contribution in [3.63, 3.8) is 0 Å². The van der Waals surface area contributed by atoms with Crippen LogP contribution in [-0.2, 0) is 11.2 Å².